The van der Waals surface area contributed by atoms with Crippen LogP contribution in [0.2, 0.25) is 0 Å². The largest absolute Gasteiger partial charge is 0.417 e. The van der Waals surface area contributed by atoms with Crippen LogP contribution in [-0.4, -0.2) is 5.66 Å². The molecule has 120 valence electrons. The van der Waals surface area contributed by atoms with E-state index in [1.807, 2.05) is 0 Å². The zero-order chi connectivity index (χ0) is 16.8. The van der Waals surface area contributed by atoms with Crippen LogP contribution in [0.25, 0.3) is 5.57 Å². The lowest BCUT2D eigenvalue weighted by molar-refractivity contribution is -0.162. The molecule has 22 heavy (non-hydrogen) atoms. The summed E-state index contributed by atoms with van der Waals surface area (Å²) in [6.45, 7) is 0. The fourth-order valence-corrected chi connectivity index (χ4v) is 2.20. The van der Waals surface area contributed by atoms with Gasteiger partial charge in [-0.25, -0.2) is 0 Å². The van der Waals surface area contributed by atoms with E-state index in [1.54, 1.807) is 0 Å². The third kappa shape index (κ3) is 3.33. The van der Waals surface area contributed by atoms with Crippen molar-refractivity contribution in [2.24, 2.45) is 11.5 Å². The Labute approximate surface area is 122 Å². The number of benzene rings is 1. The van der Waals surface area contributed by atoms with E-state index in [1.165, 1.54) is 18.2 Å². The maximum atomic E-state index is 13.1. The lowest BCUT2D eigenvalue weighted by Gasteiger charge is -2.25. The summed E-state index contributed by atoms with van der Waals surface area (Å²) >= 11 is 0. The predicted octanol–water partition coefficient (Wildman–Crippen LogP) is 3.68. The van der Waals surface area contributed by atoms with Gasteiger partial charge in [-0.15, -0.1) is 0 Å². The molecule has 1 aromatic carbocycles. The van der Waals surface area contributed by atoms with Crippen LogP contribution in [0.4, 0.5) is 26.3 Å². The summed E-state index contributed by atoms with van der Waals surface area (Å²) in [5.41, 5.74) is 5.98. The SMILES string of the molecule is NC1(N)C=CC(c2cccc(C(F)(F)F)c2C(F)(F)F)=CC1. The normalized spacial score (nSPS) is 18.3. The highest BCUT2D eigenvalue weighted by molar-refractivity contribution is 5.78. The molecule has 8 heteroatoms. The maximum absolute atomic E-state index is 13.1. The number of allylic oxidation sites excluding steroid dienone is 2. The molecule has 0 aliphatic heterocycles. The van der Waals surface area contributed by atoms with E-state index in [0.29, 0.717) is 6.07 Å². The zero-order valence-electron chi connectivity index (χ0n) is 11.1. The molecule has 0 amide bonds. The minimum atomic E-state index is -5.14. The number of hydrogen-bond donors (Lipinski definition) is 2. The van der Waals surface area contributed by atoms with Gasteiger partial charge in [-0.1, -0.05) is 24.3 Å². The molecule has 0 spiro atoms. The van der Waals surface area contributed by atoms with Crippen LogP contribution in [0.5, 0.6) is 0 Å². The molecule has 0 bridgehead atoms. The zero-order valence-corrected chi connectivity index (χ0v) is 11.1. The Balaban J connectivity index is 2.64. The highest BCUT2D eigenvalue weighted by Gasteiger charge is 2.45. The molecular weight excluding hydrogens is 310 g/mol. The molecule has 0 atom stereocenters. The molecule has 0 heterocycles. The van der Waals surface area contributed by atoms with Gasteiger partial charge in [0, 0.05) is 6.42 Å². The molecule has 1 aromatic rings. The van der Waals surface area contributed by atoms with E-state index in [2.05, 4.69) is 0 Å². The first-order chi connectivity index (χ1) is 9.92. The van der Waals surface area contributed by atoms with Crippen molar-refractivity contribution in [2.75, 3.05) is 0 Å². The summed E-state index contributed by atoms with van der Waals surface area (Å²) < 4.78 is 78.1. The summed E-state index contributed by atoms with van der Waals surface area (Å²) in [5.74, 6) is 0. The van der Waals surface area contributed by atoms with E-state index in [9.17, 15) is 26.3 Å². The monoisotopic (exact) mass is 322 g/mol. The van der Waals surface area contributed by atoms with Gasteiger partial charge in [-0.3, -0.25) is 0 Å². The standard InChI is InChI=1S/C14H12F6N2/c15-13(16,17)10-3-1-2-9(11(10)14(18,19)20)8-4-6-12(21,22)7-5-8/h1-6H,7,21-22H2. The third-order valence-electron chi connectivity index (χ3n) is 3.21. The summed E-state index contributed by atoms with van der Waals surface area (Å²) in [6, 6.07) is 2.35. The van der Waals surface area contributed by atoms with Crippen LogP contribution in [-0.2, 0) is 12.4 Å². The van der Waals surface area contributed by atoms with Gasteiger partial charge in [0.25, 0.3) is 0 Å². The van der Waals surface area contributed by atoms with Crippen LogP contribution in [0, 0.1) is 0 Å². The summed E-state index contributed by atoms with van der Waals surface area (Å²) in [7, 11) is 0. The van der Waals surface area contributed by atoms with Crippen molar-refractivity contribution in [3.05, 3.63) is 53.1 Å². The Bertz CT molecular complexity index is 638. The molecule has 1 aliphatic rings. The van der Waals surface area contributed by atoms with Crippen molar-refractivity contribution in [1.29, 1.82) is 0 Å². The van der Waals surface area contributed by atoms with Gasteiger partial charge in [0.15, 0.2) is 0 Å². The number of halogens is 6. The van der Waals surface area contributed by atoms with E-state index in [-0.39, 0.29) is 12.0 Å². The molecule has 0 fully saturated rings. The van der Waals surface area contributed by atoms with Gasteiger partial charge < -0.3 is 11.5 Å². The number of alkyl halides is 6. The topological polar surface area (TPSA) is 52.0 Å². The minimum Gasteiger partial charge on any atom is -0.310 e. The van der Waals surface area contributed by atoms with Crippen molar-refractivity contribution in [3.8, 4) is 0 Å². The number of nitrogens with two attached hydrogens (primary N) is 2. The van der Waals surface area contributed by atoms with Crippen LogP contribution in [0.15, 0.2) is 36.4 Å². The fraction of sp³-hybridized carbons (Fsp3) is 0.286. The van der Waals surface area contributed by atoms with Gasteiger partial charge in [0.2, 0.25) is 0 Å². The van der Waals surface area contributed by atoms with E-state index in [0.717, 1.165) is 12.1 Å². The summed E-state index contributed by atoms with van der Waals surface area (Å²) in [4.78, 5) is 0. The Morgan fingerprint density at radius 2 is 1.59 bits per heavy atom. The first-order valence-electron chi connectivity index (χ1n) is 6.17. The molecular formula is C14H12F6N2. The average molecular weight is 322 g/mol. The molecule has 0 radical (unpaired) electrons. The molecule has 0 unspecified atom stereocenters. The van der Waals surface area contributed by atoms with Gasteiger partial charge in [-0.05, 0) is 23.3 Å². The van der Waals surface area contributed by atoms with Gasteiger partial charge >= 0.3 is 12.4 Å². The Morgan fingerprint density at radius 1 is 0.955 bits per heavy atom. The Hall–Kier alpha value is -1.80. The Kier molecular flexibility index (Phi) is 3.87. The quantitative estimate of drug-likeness (QED) is 0.612. The van der Waals surface area contributed by atoms with E-state index < -0.39 is 34.7 Å². The second-order valence-corrected chi connectivity index (χ2v) is 5.03. The van der Waals surface area contributed by atoms with Crippen molar-refractivity contribution in [3.63, 3.8) is 0 Å². The highest BCUT2D eigenvalue weighted by Crippen LogP contribution is 2.44. The fourth-order valence-electron chi connectivity index (χ4n) is 2.20. The van der Waals surface area contributed by atoms with Crippen LogP contribution >= 0.6 is 0 Å². The lowest BCUT2D eigenvalue weighted by atomic mass is 9.89. The minimum absolute atomic E-state index is 0.00458. The first-order valence-corrected chi connectivity index (χ1v) is 6.17. The van der Waals surface area contributed by atoms with Crippen molar-refractivity contribution in [1.82, 2.24) is 0 Å². The van der Waals surface area contributed by atoms with Gasteiger partial charge in [0.1, 0.15) is 0 Å². The number of hydrogen-bond acceptors (Lipinski definition) is 2. The predicted molar refractivity (Wildman–Crippen MR) is 69.3 cm³/mol. The molecule has 1 aliphatic carbocycles. The Morgan fingerprint density at radius 3 is 2.05 bits per heavy atom. The maximum Gasteiger partial charge on any atom is 0.417 e. The smallest absolute Gasteiger partial charge is 0.310 e. The molecule has 0 saturated heterocycles. The van der Waals surface area contributed by atoms with Crippen molar-refractivity contribution in [2.45, 2.75) is 24.4 Å². The molecule has 0 aromatic heterocycles. The van der Waals surface area contributed by atoms with Gasteiger partial charge in [-0.2, -0.15) is 26.3 Å². The molecule has 0 saturated carbocycles. The number of rotatable bonds is 1. The average Bonchev–Trinajstić information content (AvgIpc) is 2.36. The third-order valence-corrected chi connectivity index (χ3v) is 3.21. The molecule has 2 rings (SSSR count). The van der Waals surface area contributed by atoms with Crippen LogP contribution in [0.1, 0.15) is 23.1 Å². The highest BCUT2D eigenvalue weighted by atomic mass is 19.4. The van der Waals surface area contributed by atoms with Crippen LogP contribution < -0.4 is 11.5 Å². The first kappa shape index (κ1) is 16.6. The van der Waals surface area contributed by atoms with Gasteiger partial charge in [0.05, 0.1) is 16.8 Å². The lowest BCUT2D eigenvalue weighted by Crippen LogP contribution is -2.47. The second kappa shape index (κ2) is 5.13. The van der Waals surface area contributed by atoms with Crippen LogP contribution in [0.3, 0.4) is 0 Å². The van der Waals surface area contributed by atoms with E-state index in [4.69, 9.17) is 11.5 Å². The summed E-state index contributed by atoms with van der Waals surface area (Å²) in [5, 5.41) is 0. The van der Waals surface area contributed by atoms with E-state index >= 15 is 0 Å². The van der Waals surface area contributed by atoms with Crippen molar-refractivity contribution >= 4 is 5.57 Å². The van der Waals surface area contributed by atoms with Crippen molar-refractivity contribution < 1.29 is 26.3 Å². The summed E-state index contributed by atoms with van der Waals surface area (Å²) in [6.07, 6.45) is -6.46. The second-order valence-electron chi connectivity index (χ2n) is 5.03. The molecule has 4 N–H and O–H groups in total. The molecule has 2 nitrogen and oxygen atoms in total.